The summed E-state index contributed by atoms with van der Waals surface area (Å²) >= 11 is 0. The molecular formula is C15H28N4O6S2. The summed E-state index contributed by atoms with van der Waals surface area (Å²) in [7, 11) is -4.41. The first-order chi connectivity index (χ1) is 12.4. The summed E-state index contributed by atoms with van der Waals surface area (Å²) in [6.07, 6.45) is 4.71. The lowest BCUT2D eigenvalue weighted by Gasteiger charge is -2.33. The van der Waals surface area contributed by atoms with Gasteiger partial charge in [-0.25, -0.2) is 25.9 Å². The summed E-state index contributed by atoms with van der Waals surface area (Å²) in [6, 6.07) is -0.571. The van der Waals surface area contributed by atoms with E-state index in [4.69, 9.17) is 0 Å². The molecule has 2 saturated heterocycles. The Bertz CT molecular complexity index is 780. The number of hydrogen-bond acceptors (Lipinski definition) is 6. The zero-order valence-electron chi connectivity index (χ0n) is 15.8. The quantitative estimate of drug-likeness (QED) is 0.509. The van der Waals surface area contributed by atoms with Crippen molar-refractivity contribution in [1.29, 1.82) is 0 Å². The fraction of sp³-hybridized carbons (Fsp3) is 0.867. The van der Waals surface area contributed by atoms with Crippen molar-refractivity contribution in [2.45, 2.75) is 50.2 Å². The molecule has 0 saturated carbocycles. The molecule has 10 nitrogen and oxygen atoms in total. The van der Waals surface area contributed by atoms with Gasteiger partial charge in [-0.2, -0.15) is 0 Å². The summed E-state index contributed by atoms with van der Waals surface area (Å²) in [4.78, 5) is 26.5. The number of nitrogens with zero attached hydrogens (tertiary/aromatic N) is 2. The summed E-state index contributed by atoms with van der Waals surface area (Å²) in [6.45, 7) is -0.318. The Morgan fingerprint density at radius 3 is 2.33 bits per heavy atom. The van der Waals surface area contributed by atoms with Crippen molar-refractivity contribution in [2.75, 3.05) is 32.6 Å². The normalized spacial score (nSPS) is 26.1. The average molecular weight is 425 g/mol. The van der Waals surface area contributed by atoms with Crippen molar-refractivity contribution < 1.29 is 26.4 Å². The zero-order chi connectivity index (χ0) is 20.4. The third-order valence-electron chi connectivity index (χ3n) is 5.05. The number of fused-ring (bicyclic) bond motifs is 2. The Morgan fingerprint density at radius 2 is 1.74 bits per heavy atom. The van der Waals surface area contributed by atoms with Crippen LogP contribution in [0.3, 0.4) is 0 Å². The topological polar surface area (TPSA) is 133 Å². The maximum atomic E-state index is 12.6. The van der Waals surface area contributed by atoms with Gasteiger partial charge in [-0.15, -0.1) is 0 Å². The monoisotopic (exact) mass is 424 g/mol. The number of nitrogens with one attached hydrogen (secondary N) is 2. The van der Waals surface area contributed by atoms with Crippen LogP contribution in [-0.4, -0.2) is 88.6 Å². The summed E-state index contributed by atoms with van der Waals surface area (Å²) in [5.74, 6) is -1.56. The van der Waals surface area contributed by atoms with E-state index in [9.17, 15) is 26.4 Å². The Kier molecular flexibility index (Phi) is 6.87. The van der Waals surface area contributed by atoms with Gasteiger partial charge in [0.05, 0.1) is 18.8 Å². The number of rotatable bonds is 7. The van der Waals surface area contributed by atoms with E-state index in [-0.39, 0.29) is 30.6 Å². The van der Waals surface area contributed by atoms with Crippen LogP contribution < -0.4 is 10.0 Å². The molecule has 2 aliphatic heterocycles. The van der Waals surface area contributed by atoms with E-state index in [1.807, 2.05) is 0 Å². The fourth-order valence-corrected chi connectivity index (χ4v) is 4.80. The first-order valence-corrected chi connectivity index (χ1v) is 12.4. The van der Waals surface area contributed by atoms with Crippen LogP contribution in [0.4, 0.5) is 0 Å². The first kappa shape index (κ1) is 22.1. The predicted molar refractivity (Wildman–Crippen MR) is 99.8 cm³/mol. The third kappa shape index (κ3) is 5.87. The van der Waals surface area contributed by atoms with Gasteiger partial charge in [0.1, 0.15) is 5.75 Å². The van der Waals surface area contributed by atoms with Crippen molar-refractivity contribution >= 4 is 31.9 Å². The highest BCUT2D eigenvalue weighted by Gasteiger charge is 2.43. The second-order valence-corrected chi connectivity index (χ2v) is 11.4. The minimum absolute atomic E-state index is 0.0243. The molecule has 2 aliphatic rings. The molecule has 2 amide bonds. The highest BCUT2D eigenvalue weighted by molar-refractivity contribution is 7.89. The average Bonchev–Trinajstić information content (AvgIpc) is 2.85. The standard InChI is InChI=1S/C15H28N4O6S2/c1-18(2)27(24,25)10-14(20)17-12-6-4-5-11-7-8-13(12)19(11)15(21)9-16-26(3,22)23/h11-13,16H,4-10H2,1-3H3,(H,17,20). The summed E-state index contributed by atoms with van der Waals surface area (Å²) < 4.78 is 49.5. The minimum atomic E-state index is -3.66. The fourth-order valence-electron chi connectivity index (χ4n) is 3.74. The van der Waals surface area contributed by atoms with Crippen LogP contribution >= 0.6 is 0 Å². The van der Waals surface area contributed by atoms with Crippen LogP contribution in [0.1, 0.15) is 32.1 Å². The van der Waals surface area contributed by atoms with Crippen LogP contribution in [0, 0.1) is 0 Å². The van der Waals surface area contributed by atoms with Crippen molar-refractivity contribution in [3.05, 3.63) is 0 Å². The Labute approximate surface area is 160 Å². The summed E-state index contributed by atoms with van der Waals surface area (Å²) in [5, 5.41) is 2.78. The van der Waals surface area contributed by atoms with E-state index in [1.165, 1.54) is 14.1 Å². The van der Waals surface area contributed by atoms with Gasteiger partial charge in [-0.1, -0.05) is 0 Å². The molecule has 27 heavy (non-hydrogen) atoms. The lowest BCUT2D eigenvalue weighted by molar-refractivity contribution is -0.133. The Morgan fingerprint density at radius 1 is 1.07 bits per heavy atom. The second-order valence-electron chi connectivity index (χ2n) is 7.34. The molecule has 0 aliphatic carbocycles. The van der Waals surface area contributed by atoms with E-state index in [1.54, 1.807) is 4.90 Å². The number of hydrogen-bond donors (Lipinski definition) is 2. The molecule has 0 aromatic rings. The van der Waals surface area contributed by atoms with Gasteiger partial charge in [0, 0.05) is 26.2 Å². The molecule has 0 aromatic heterocycles. The van der Waals surface area contributed by atoms with Gasteiger partial charge in [0.15, 0.2) is 0 Å². The van der Waals surface area contributed by atoms with Crippen LogP contribution in [0.2, 0.25) is 0 Å². The van der Waals surface area contributed by atoms with E-state index in [0.717, 1.165) is 29.8 Å². The number of sulfonamides is 2. The van der Waals surface area contributed by atoms with Gasteiger partial charge in [-0.05, 0) is 32.1 Å². The van der Waals surface area contributed by atoms with Crippen molar-refractivity contribution in [3.63, 3.8) is 0 Å². The number of carbonyl (C=O) groups is 2. The molecule has 0 spiro atoms. The maximum absolute atomic E-state index is 12.6. The van der Waals surface area contributed by atoms with E-state index < -0.39 is 31.7 Å². The van der Waals surface area contributed by atoms with Crippen LogP contribution in [0.5, 0.6) is 0 Å². The largest absolute Gasteiger partial charge is 0.350 e. The van der Waals surface area contributed by atoms with Crippen LogP contribution in [0.15, 0.2) is 0 Å². The molecule has 2 N–H and O–H groups in total. The molecule has 3 atom stereocenters. The molecule has 12 heteroatoms. The summed E-state index contributed by atoms with van der Waals surface area (Å²) in [5.41, 5.74) is 0. The van der Waals surface area contributed by atoms with E-state index >= 15 is 0 Å². The maximum Gasteiger partial charge on any atom is 0.238 e. The van der Waals surface area contributed by atoms with Crippen molar-refractivity contribution in [2.24, 2.45) is 0 Å². The molecule has 2 fully saturated rings. The smallest absolute Gasteiger partial charge is 0.238 e. The molecule has 3 unspecified atom stereocenters. The van der Waals surface area contributed by atoms with Gasteiger partial charge in [-0.3, -0.25) is 9.59 Å². The van der Waals surface area contributed by atoms with Crippen molar-refractivity contribution in [3.8, 4) is 0 Å². The minimum Gasteiger partial charge on any atom is -0.350 e. The number of amides is 2. The number of carbonyl (C=O) groups excluding carboxylic acids is 2. The molecule has 2 bridgehead atoms. The lowest BCUT2D eigenvalue weighted by atomic mass is 9.96. The van der Waals surface area contributed by atoms with Crippen LogP contribution in [-0.2, 0) is 29.6 Å². The lowest BCUT2D eigenvalue weighted by Crippen LogP contribution is -2.54. The van der Waals surface area contributed by atoms with Crippen LogP contribution in [0.25, 0.3) is 0 Å². The van der Waals surface area contributed by atoms with E-state index in [2.05, 4.69) is 10.0 Å². The molecule has 0 radical (unpaired) electrons. The van der Waals surface area contributed by atoms with Crippen molar-refractivity contribution in [1.82, 2.24) is 19.2 Å². The highest BCUT2D eigenvalue weighted by atomic mass is 32.2. The first-order valence-electron chi connectivity index (χ1n) is 8.86. The third-order valence-corrected chi connectivity index (χ3v) is 7.46. The molecule has 0 aromatic carbocycles. The Hall–Kier alpha value is -1.24. The second kappa shape index (κ2) is 8.41. The molecule has 156 valence electrons. The van der Waals surface area contributed by atoms with Gasteiger partial charge >= 0.3 is 0 Å². The Balaban J connectivity index is 2.08. The van der Waals surface area contributed by atoms with Gasteiger partial charge in [0.25, 0.3) is 0 Å². The van der Waals surface area contributed by atoms with E-state index in [0.29, 0.717) is 12.8 Å². The molecule has 2 heterocycles. The zero-order valence-corrected chi connectivity index (χ0v) is 17.5. The molecule has 2 rings (SSSR count). The molecular weight excluding hydrogens is 396 g/mol. The SMILES string of the molecule is CN(C)S(=O)(=O)CC(=O)NC1CCCC2CCC1N2C(=O)CNS(C)(=O)=O. The van der Waals surface area contributed by atoms with Gasteiger partial charge in [0.2, 0.25) is 31.9 Å². The highest BCUT2D eigenvalue weighted by Crippen LogP contribution is 2.34. The predicted octanol–water partition coefficient (Wildman–Crippen LogP) is -1.54. The van der Waals surface area contributed by atoms with Gasteiger partial charge < -0.3 is 10.2 Å².